The van der Waals surface area contributed by atoms with Gasteiger partial charge in [-0.25, -0.2) is 28.6 Å². The number of nitrogens with zero attached hydrogens (tertiary/aromatic N) is 6. The van der Waals surface area contributed by atoms with E-state index in [4.69, 9.17) is 9.73 Å². The number of H-pyrrole nitrogens is 1. The third-order valence-corrected chi connectivity index (χ3v) is 6.02. The molecule has 1 saturated heterocycles. The van der Waals surface area contributed by atoms with Crippen molar-refractivity contribution in [2.75, 3.05) is 6.61 Å². The van der Waals surface area contributed by atoms with Crippen LogP contribution in [0.5, 0.6) is 0 Å². The van der Waals surface area contributed by atoms with Crippen LogP contribution in [0.15, 0.2) is 71.2 Å². The molecular weight excluding hydrogens is 444 g/mol. The van der Waals surface area contributed by atoms with Gasteiger partial charge in [0.15, 0.2) is 12.0 Å². The van der Waals surface area contributed by atoms with Gasteiger partial charge in [-0.2, -0.15) is 10.2 Å². The van der Waals surface area contributed by atoms with Crippen molar-refractivity contribution in [3.8, 4) is 11.4 Å². The van der Waals surface area contributed by atoms with E-state index >= 15 is 0 Å². The van der Waals surface area contributed by atoms with E-state index in [1.165, 1.54) is 29.4 Å². The highest BCUT2D eigenvalue weighted by molar-refractivity contribution is 6.04. The average Bonchev–Trinajstić information content (AvgIpc) is 3.59. The van der Waals surface area contributed by atoms with Crippen LogP contribution >= 0.6 is 0 Å². The summed E-state index contributed by atoms with van der Waals surface area (Å²) in [6.45, 7) is 0.125. The van der Waals surface area contributed by atoms with Crippen LogP contribution in [0.1, 0.15) is 23.1 Å². The number of rotatable bonds is 3. The molecule has 4 heterocycles. The second kappa shape index (κ2) is 7.87. The predicted octanol–water partition coefficient (Wildman–Crippen LogP) is 3.58. The first-order chi connectivity index (χ1) is 16.6. The molecule has 0 radical (unpaired) electrons. The molecular formula is C23H17F2N7O2. The molecule has 3 atom stereocenters. The number of fused-ring (bicyclic) bond motifs is 1. The maximum absolute atomic E-state index is 14.8. The molecule has 3 aliphatic rings. The molecule has 1 fully saturated rings. The summed E-state index contributed by atoms with van der Waals surface area (Å²) in [5, 5.41) is 12.4. The summed E-state index contributed by atoms with van der Waals surface area (Å²) < 4.78 is 33.5. The van der Waals surface area contributed by atoms with Gasteiger partial charge in [-0.3, -0.25) is 10.00 Å². The molecule has 6 rings (SSSR count). The number of hydrazone groups is 1. The zero-order chi connectivity index (χ0) is 23.2. The fraction of sp³-hybridized carbons (Fsp3) is 0.174. The number of amidine groups is 1. The molecule has 0 aliphatic carbocycles. The Balaban J connectivity index is 1.30. The number of aromatic amines is 1. The minimum absolute atomic E-state index is 0.125. The number of carbonyl (C=O) groups is 1. The summed E-state index contributed by atoms with van der Waals surface area (Å²) in [4.78, 5) is 22.8. The number of amides is 1. The van der Waals surface area contributed by atoms with Crippen LogP contribution < -0.4 is 0 Å². The van der Waals surface area contributed by atoms with Crippen molar-refractivity contribution in [1.82, 2.24) is 25.1 Å². The number of aliphatic imine (C=N–C) groups is 1. The van der Waals surface area contributed by atoms with Gasteiger partial charge in [0.2, 0.25) is 0 Å². The van der Waals surface area contributed by atoms with Gasteiger partial charge in [-0.1, -0.05) is 18.2 Å². The van der Waals surface area contributed by atoms with Gasteiger partial charge in [-0.15, -0.1) is 0 Å². The monoisotopic (exact) mass is 461 g/mol. The van der Waals surface area contributed by atoms with E-state index < -0.39 is 24.1 Å². The molecule has 170 valence electrons. The molecule has 0 spiro atoms. The van der Waals surface area contributed by atoms with Crippen molar-refractivity contribution in [2.45, 2.75) is 18.1 Å². The van der Waals surface area contributed by atoms with E-state index in [0.29, 0.717) is 22.8 Å². The van der Waals surface area contributed by atoms with Crippen molar-refractivity contribution >= 4 is 18.1 Å². The number of cyclic esters (lactones) is 1. The second-order valence-corrected chi connectivity index (χ2v) is 7.97. The number of ether oxygens (including phenoxy) is 1. The number of hydrogen-bond acceptors (Lipinski definition) is 7. The van der Waals surface area contributed by atoms with Crippen LogP contribution in [0.25, 0.3) is 11.4 Å². The summed E-state index contributed by atoms with van der Waals surface area (Å²) in [6.07, 6.45) is 5.37. The Morgan fingerprint density at radius 1 is 1.09 bits per heavy atom. The number of nitrogens with one attached hydrogen (secondary N) is 1. The van der Waals surface area contributed by atoms with E-state index in [1.54, 1.807) is 47.8 Å². The van der Waals surface area contributed by atoms with Crippen LogP contribution in [-0.2, 0) is 4.74 Å². The third-order valence-electron chi connectivity index (χ3n) is 6.02. The van der Waals surface area contributed by atoms with Gasteiger partial charge in [-0.05, 0) is 41.5 Å². The van der Waals surface area contributed by atoms with Gasteiger partial charge in [0.25, 0.3) is 0 Å². The second-order valence-electron chi connectivity index (χ2n) is 7.97. The summed E-state index contributed by atoms with van der Waals surface area (Å²) in [7, 11) is 0. The Morgan fingerprint density at radius 2 is 1.91 bits per heavy atom. The van der Waals surface area contributed by atoms with Gasteiger partial charge in [0.1, 0.15) is 36.4 Å². The highest BCUT2D eigenvalue weighted by atomic mass is 19.1. The van der Waals surface area contributed by atoms with E-state index in [-0.39, 0.29) is 18.3 Å². The fourth-order valence-electron chi connectivity index (χ4n) is 4.32. The Morgan fingerprint density at radius 3 is 2.68 bits per heavy atom. The Bertz CT molecular complexity index is 1340. The maximum Gasteiger partial charge on any atom is 0.416 e. The van der Waals surface area contributed by atoms with Crippen LogP contribution in [0.3, 0.4) is 0 Å². The molecule has 3 aliphatic heterocycles. The van der Waals surface area contributed by atoms with Crippen LogP contribution in [-0.4, -0.2) is 56.0 Å². The van der Waals surface area contributed by atoms with E-state index in [0.717, 1.165) is 5.56 Å². The molecule has 34 heavy (non-hydrogen) atoms. The number of hydrogen-bond donors (Lipinski definition) is 1. The quantitative estimate of drug-likeness (QED) is 0.643. The Hall–Kier alpha value is -4.41. The summed E-state index contributed by atoms with van der Waals surface area (Å²) in [6, 6.07) is 10.3. The molecule has 1 aromatic heterocycles. The molecule has 2 aromatic carbocycles. The van der Waals surface area contributed by atoms with Gasteiger partial charge < -0.3 is 4.74 Å². The lowest BCUT2D eigenvalue weighted by molar-refractivity contribution is 0.168. The predicted molar refractivity (Wildman–Crippen MR) is 118 cm³/mol. The van der Waals surface area contributed by atoms with Gasteiger partial charge >= 0.3 is 6.09 Å². The Kier molecular flexibility index (Phi) is 4.68. The lowest BCUT2D eigenvalue weighted by atomic mass is 9.96. The lowest BCUT2D eigenvalue weighted by Gasteiger charge is -2.29. The zero-order valence-electron chi connectivity index (χ0n) is 17.5. The fourth-order valence-corrected chi connectivity index (χ4v) is 4.32. The normalized spacial score (nSPS) is 23.3. The topological polar surface area (TPSA) is 99.1 Å². The number of benzene rings is 2. The van der Waals surface area contributed by atoms with Crippen molar-refractivity contribution in [2.24, 2.45) is 10.1 Å². The average molecular weight is 461 g/mol. The first kappa shape index (κ1) is 20.2. The largest absolute Gasteiger partial charge is 0.447 e. The molecule has 3 unspecified atom stereocenters. The first-order valence-electron chi connectivity index (χ1n) is 10.5. The van der Waals surface area contributed by atoms with Crippen molar-refractivity contribution < 1.29 is 18.3 Å². The Labute approximate surface area is 192 Å². The molecule has 0 bridgehead atoms. The molecule has 9 nitrogen and oxygen atoms in total. The summed E-state index contributed by atoms with van der Waals surface area (Å²) >= 11 is 0. The van der Waals surface area contributed by atoms with Gasteiger partial charge in [0, 0.05) is 12.4 Å². The standard InChI is InChI=1S/C23H17F2N7O2/c24-15-4-1-13(2-5-15)19-11-34-23(33)32(19)20-7-8-31-22(29-20)17(10-28-31)14-3-6-16(18(25)9-14)21-26-12-27-30-21/h1-10,12,17,19,22H,11H2,(H,26,27,30). The van der Waals surface area contributed by atoms with Crippen molar-refractivity contribution in [1.29, 1.82) is 0 Å². The van der Waals surface area contributed by atoms with Crippen LogP contribution in [0, 0.1) is 11.6 Å². The molecule has 11 heteroatoms. The number of aromatic nitrogens is 3. The summed E-state index contributed by atoms with van der Waals surface area (Å²) in [5.41, 5.74) is 1.72. The highest BCUT2D eigenvalue weighted by Crippen LogP contribution is 2.35. The molecule has 1 amide bonds. The van der Waals surface area contributed by atoms with E-state index in [9.17, 15) is 13.6 Å². The van der Waals surface area contributed by atoms with Crippen molar-refractivity contribution in [3.05, 3.63) is 83.8 Å². The zero-order valence-corrected chi connectivity index (χ0v) is 17.5. The third kappa shape index (κ3) is 3.33. The van der Waals surface area contributed by atoms with E-state index in [1.807, 2.05) is 0 Å². The number of halogens is 2. The first-order valence-corrected chi connectivity index (χ1v) is 10.5. The molecule has 3 aromatic rings. The van der Waals surface area contributed by atoms with Crippen molar-refractivity contribution in [3.63, 3.8) is 0 Å². The number of carbonyl (C=O) groups excluding carboxylic acids is 1. The highest BCUT2D eigenvalue weighted by Gasteiger charge is 2.40. The van der Waals surface area contributed by atoms with Crippen LogP contribution in [0.2, 0.25) is 0 Å². The van der Waals surface area contributed by atoms with Crippen LogP contribution in [0.4, 0.5) is 13.6 Å². The minimum atomic E-state index is -0.538. The molecule has 1 N–H and O–H groups in total. The maximum atomic E-state index is 14.8. The summed E-state index contributed by atoms with van der Waals surface area (Å²) in [5.74, 6) is -0.422. The SMILES string of the molecule is O=C1OCC(c2ccc(F)cc2)N1C1=NC2C(c3ccc(-c4ncn[nH]4)c(F)c3)C=NN2C=C1. The molecule has 0 saturated carbocycles. The lowest BCUT2D eigenvalue weighted by Crippen LogP contribution is -2.39. The minimum Gasteiger partial charge on any atom is -0.447 e. The van der Waals surface area contributed by atoms with Gasteiger partial charge in [0.05, 0.1) is 11.5 Å². The van der Waals surface area contributed by atoms with E-state index in [2.05, 4.69) is 20.3 Å². The smallest absolute Gasteiger partial charge is 0.416 e.